The highest BCUT2D eigenvalue weighted by atomic mass is 32.1. The zero-order valence-electron chi connectivity index (χ0n) is 19.4. The highest BCUT2D eigenvalue weighted by Gasteiger charge is 2.22. The molecule has 0 aliphatic rings. The van der Waals surface area contributed by atoms with Gasteiger partial charge < -0.3 is 9.64 Å². The van der Waals surface area contributed by atoms with Gasteiger partial charge in [-0.3, -0.25) is 19.1 Å². The molecule has 0 saturated carbocycles. The molecular formula is C23H31N5O3S. The molecule has 32 heavy (non-hydrogen) atoms. The number of ether oxygens (including phenoxy) is 1. The lowest BCUT2D eigenvalue weighted by atomic mass is 10.3. The Morgan fingerprint density at radius 1 is 1.16 bits per heavy atom. The van der Waals surface area contributed by atoms with Crippen molar-refractivity contribution >= 4 is 32.6 Å². The zero-order chi connectivity index (χ0) is 23.3. The minimum absolute atomic E-state index is 0.0781. The van der Waals surface area contributed by atoms with Gasteiger partial charge in [-0.1, -0.05) is 25.2 Å². The lowest BCUT2D eigenvalue weighted by Gasteiger charge is -2.25. The summed E-state index contributed by atoms with van der Waals surface area (Å²) in [7, 11) is 0. The molecular weight excluding hydrogens is 426 g/mol. The van der Waals surface area contributed by atoms with Crippen LogP contribution in [0.15, 0.2) is 29.3 Å². The number of nitrogens with zero attached hydrogens (tertiary/aromatic N) is 5. The van der Waals surface area contributed by atoms with Crippen molar-refractivity contribution in [1.29, 1.82) is 0 Å². The SMILES string of the molecule is CCOc1ccc2nc(N(CCN(CC)CC)C(=O)Cn3cnc(C)c(C)c3=O)sc2c1. The third-order valence-electron chi connectivity index (χ3n) is 5.55. The number of thiazole rings is 1. The molecule has 0 saturated heterocycles. The van der Waals surface area contributed by atoms with Gasteiger partial charge in [0.05, 0.1) is 23.2 Å². The van der Waals surface area contributed by atoms with Gasteiger partial charge in [0.25, 0.3) is 5.56 Å². The van der Waals surface area contributed by atoms with Crippen molar-refractivity contribution < 1.29 is 9.53 Å². The van der Waals surface area contributed by atoms with Gasteiger partial charge in [-0.05, 0) is 52.1 Å². The Balaban J connectivity index is 1.92. The Morgan fingerprint density at radius 3 is 2.59 bits per heavy atom. The third-order valence-corrected chi connectivity index (χ3v) is 6.59. The topological polar surface area (TPSA) is 80.6 Å². The van der Waals surface area contributed by atoms with Gasteiger partial charge in [0, 0.05) is 24.3 Å². The summed E-state index contributed by atoms with van der Waals surface area (Å²) in [5, 5.41) is 0.621. The minimum atomic E-state index is -0.194. The fourth-order valence-corrected chi connectivity index (χ4v) is 4.43. The second-order valence-corrected chi connectivity index (χ2v) is 8.53. The van der Waals surface area contributed by atoms with Crippen LogP contribution in [-0.4, -0.2) is 58.1 Å². The van der Waals surface area contributed by atoms with Crippen LogP contribution in [-0.2, 0) is 11.3 Å². The number of fused-ring (bicyclic) bond motifs is 1. The molecule has 3 rings (SSSR count). The van der Waals surface area contributed by atoms with E-state index in [1.54, 1.807) is 18.7 Å². The Labute approximate surface area is 192 Å². The Morgan fingerprint density at radius 2 is 1.91 bits per heavy atom. The quantitative estimate of drug-likeness (QED) is 0.465. The number of hydrogen-bond acceptors (Lipinski definition) is 7. The number of likely N-dealkylation sites (N-methyl/N-ethyl adjacent to an activating group) is 1. The predicted octanol–water partition coefficient (Wildman–Crippen LogP) is 3.24. The van der Waals surface area contributed by atoms with Crippen LogP contribution in [0.3, 0.4) is 0 Å². The summed E-state index contributed by atoms with van der Waals surface area (Å²) in [5.74, 6) is 0.595. The Hall–Kier alpha value is -2.78. The summed E-state index contributed by atoms with van der Waals surface area (Å²) in [6, 6.07) is 5.74. The lowest BCUT2D eigenvalue weighted by molar-refractivity contribution is -0.119. The first kappa shape index (κ1) is 23.9. The number of anilines is 1. The lowest BCUT2D eigenvalue weighted by Crippen LogP contribution is -2.41. The molecule has 0 fully saturated rings. The third kappa shape index (κ3) is 5.34. The van der Waals surface area contributed by atoms with Gasteiger partial charge in [-0.15, -0.1) is 0 Å². The molecule has 0 aliphatic heterocycles. The van der Waals surface area contributed by atoms with Crippen molar-refractivity contribution in [3.8, 4) is 5.75 Å². The van der Waals surface area contributed by atoms with Gasteiger partial charge in [0.15, 0.2) is 5.13 Å². The average Bonchev–Trinajstić information content (AvgIpc) is 3.20. The van der Waals surface area contributed by atoms with Gasteiger partial charge in [0.1, 0.15) is 12.3 Å². The normalized spacial score (nSPS) is 11.3. The van der Waals surface area contributed by atoms with E-state index in [0.717, 1.165) is 35.6 Å². The second-order valence-electron chi connectivity index (χ2n) is 7.52. The molecule has 0 spiro atoms. The minimum Gasteiger partial charge on any atom is -0.494 e. The van der Waals surface area contributed by atoms with Crippen LogP contribution >= 0.6 is 11.3 Å². The van der Waals surface area contributed by atoms with Crippen molar-refractivity contribution in [2.75, 3.05) is 37.7 Å². The van der Waals surface area contributed by atoms with Gasteiger partial charge in [-0.25, -0.2) is 9.97 Å². The highest BCUT2D eigenvalue weighted by Crippen LogP contribution is 2.31. The van der Waals surface area contributed by atoms with E-state index in [9.17, 15) is 9.59 Å². The van der Waals surface area contributed by atoms with Crippen LogP contribution in [0.5, 0.6) is 5.75 Å². The number of benzene rings is 1. The van der Waals surface area contributed by atoms with Crippen LogP contribution in [0.2, 0.25) is 0 Å². The summed E-state index contributed by atoms with van der Waals surface area (Å²) in [6.07, 6.45) is 1.44. The number of aromatic nitrogens is 3. The van der Waals surface area contributed by atoms with E-state index >= 15 is 0 Å². The van der Waals surface area contributed by atoms with Crippen molar-refractivity contribution in [3.05, 3.63) is 46.1 Å². The van der Waals surface area contributed by atoms with E-state index in [1.165, 1.54) is 22.2 Å². The van der Waals surface area contributed by atoms with E-state index in [4.69, 9.17) is 9.72 Å². The summed E-state index contributed by atoms with van der Waals surface area (Å²) >= 11 is 1.45. The van der Waals surface area contributed by atoms with E-state index in [-0.39, 0.29) is 18.0 Å². The first-order chi connectivity index (χ1) is 15.4. The number of hydrogen-bond donors (Lipinski definition) is 0. The smallest absolute Gasteiger partial charge is 0.256 e. The maximum Gasteiger partial charge on any atom is 0.256 e. The monoisotopic (exact) mass is 457 g/mol. The van der Waals surface area contributed by atoms with E-state index in [1.807, 2.05) is 25.1 Å². The van der Waals surface area contributed by atoms with Crippen LogP contribution in [0.4, 0.5) is 5.13 Å². The number of carbonyl (C=O) groups is 1. The van der Waals surface area contributed by atoms with Crippen molar-refractivity contribution in [2.45, 2.75) is 41.2 Å². The number of rotatable bonds is 10. The van der Waals surface area contributed by atoms with E-state index < -0.39 is 0 Å². The van der Waals surface area contributed by atoms with E-state index in [2.05, 4.69) is 23.7 Å². The largest absolute Gasteiger partial charge is 0.494 e. The summed E-state index contributed by atoms with van der Waals surface area (Å²) in [5.41, 5.74) is 1.85. The first-order valence-corrected chi connectivity index (χ1v) is 11.8. The van der Waals surface area contributed by atoms with Crippen molar-refractivity contribution in [3.63, 3.8) is 0 Å². The Kier molecular flexibility index (Phi) is 7.98. The molecule has 1 amide bonds. The molecule has 0 N–H and O–H groups in total. The number of amides is 1. The first-order valence-electron chi connectivity index (χ1n) is 11.0. The molecule has 0 unspecified atom stereocenters. The number of aryl methyl sites for hydroxylation is 1. The zero-order valence-corrected chi connectivity index (χ0v) is 20.2. The summed E-state index contributed by atoms with van der Waals surface area (Å²) < 4.78 is 7.92. The standard InChI is InChI=1S/C23H31N5O3S/c1-6-26(7-2)11-12-28(21(29)14-27-15-24-17(5)16(4)22(27)30)23-25-19-10-9-18(31-8-3)13-20(19)32-23/h9-10,13,15H,6-8,11-12,14H2,1-5H3. The van der Waals surface area contributed by atoms with Crippen LogP contribution in [0.25, 0.3) is 10.2 Å². The molecule has 0 aliphatic carbocycles. The fourth-order valence-electron chi connectivity index (χ4n) is 3.39. The molecule has 3 aromatic rings. The van der Waals surface area contributed by atoms with Gasteiger partial charge in [-0.2, -0.15) is 0 Å². The molecule has 0 bridgehead atoms. The summed E-state index contributed by atoms with van der Waals surface area (Å²) in [4.78, 5) is 38.9. The molecule has 0 radical (unpaired) electrons. The summed E-state index contributed by atoms with van der Waals surface area (Å²) in [6.45, 7) is 13.2. The van der Waals surface area contributed by atoms with Gasteiger partial charge >= 0.3 is 0 Å². The van der Waals surface area contributed by atoms with Gasteiger partial charge in [0.2, 0.25) is 5.91 Å². The molecule has 172 valence electrons. The maximum absolute atomic E-state index is 13.4. The number of carbonyl (C=O) groups excluding carboxylic acids is 1. The van der Waals surface area contributed by atoms with Crippen LogP contribution in [0, 0.1) is 13.8 Å². The molecule has 2 aromatic heterocycles. The van der Waals surface area contributed by atoms with Crippen LogP contribution in [0.1, 0.15) is 32.0 Å². The Bertz CT molecular complexity index is 1140. The molecule has 2 heterocycles. The molecule has 8 nitrogen and oxygen atoms in total. The predicted molar refractivity (Wildman–Crippen MR) is 129 cm³/mol. The second kappa shape index (κ2) is 10.7. The fraction of sp³-hybridized carbons (Fsp3) is 0.478. The van der Waals surface area contributed by atoms with E-state index in [0.29, 0.717) is 29.5 Å². The molecule has 1 aromatic carbocycles. The highest BCUT2D eigenvalue weighted by molar-refractivity contribution is 7.22. The van der Waals surface area contributed by atoms with Crippen molar-refractivity contribution in [2.24, 2.45) is 0 Å². The maximum atomic E-state index is 13.4. The molecule has 9 heteroatoms. The molecule has 0 atom stereocenters. The van der Waals surface area contributed by atoms with Crippen molar-refractivity contribution in [1.82, 2.24) is 19.4 Å². The van der Waals surface area contributed by atoms with Crippen LogP contribution < -0.4 is 15.2 Å². The average molecular weight is 458 g/mol.